The Bertz CT molecular complexity index is 1320. The Labute approximate surface area is 210 Å². The largest absolute Gasteiger partial charge is 0.352 e. The van der Waals surface area contributed by atoms with E-state index in [1.807, 2.05) is 79.7 Å². The molecule has 34 heavy (non-hydrogen) atoms. The molecule has 5 heteroatoms. The van der Waals surface area contributed by atoms with Gasteiger partial charge in [-0.2, -0.15) is 0 Å². The van der Waals surface area contributed by atoms with Crippen molar-refractivity contribution < 1.29 is 4.79 Å². The van der Waals surface area contributed by atoms with Gasteiger partial charge in [-0.05, 0) is 49.2 Å². The molecule has 0 aliphatic carbocycles. The highest BCUT2D eigenvalue weighted by molar-refractivity contribution is 7.99. The van der Waals surface area contributed by atoms with Gasteiger partial charge in [0.05, 0.1) is 11.4 Å². The number of aliphatic imine (C=N–C) groups is 1. The Morgan fingerprint density at radius 2 is 1.82 bits per heavy atom. The molecule has 3 aromatic carbocycles. The average molecular weight is 485 g/mol. The van der Waals surface area contributed by atoms with Gasteiger partial charge in [-0.3, -0.25) is 4.79 Å². The fraction of sp³-hybridized carbons (Fsp3) is 0.103. The molecule has 0 radical (unpaired) electrons. The predicted octanol–water partition coefficient (Wildman–Crippen LogP) is 7.78. The number of fused-ring (bicyclic) bond motifs is 2. The second kappa shape index (κ2) is 11.2. The first-order valence-corrected chi connectivity index (χ1v) is 12.3. The average Bonchev–Trinajstić information content (AvgIpc) is 3.01. The number of amides is 1. The Balaban J connectivity index is 1.65. The Kier molecular flexibility index (Phi) is 7.84. The summed E-state index contributed by atoms with van der Waals surface area (Å²) < 4.78 is 0. The molecule has 170 valence electrons. The molecule has 0 bridgehead atoms. The summed E-state index contributed by atoms with van der Waals surface area (Å²) in [6.07, 6.45) is 8.44. The Morgan fingerprint density at radius 3 is 2.59 bits per heavy atom. The molecule has 0 spiro atoms. The van der Waals surface area contributed by atoms with E-state index in [0.717, 1.165) is 44.3 Å². The fourth-order valence-electron chi connectivity index (χ4n) is 3.75. The fourth-order valence-corrected chi connectivity index (χ4v) is 4.98. The lowest BCUT2D eigenvalue weighted by atomic mass is 10.0. The highest BCUT2D eigenvalue weighted by Gasteiger charge is 2.21. The van der Waals surface area contributed by atoms with Crippen LogP contribution in [0.2, 0.25) is 5.02 Å². The van der Waals surface area contributed by atoms with Gasteiger partial charge in [0.25, 0.3) is 5.91 Å². The highest BCUT2D eigenvalue weighted by atomic mass is 35.5. The van der Waals surface area contributed by atoms with E-state index in [1.165, 1.54) is 0 Å². The van der Waals surface area contributed by atoms with Crippen molar-refractivity contribution in [3.63, 3.8) is 0 Å². The van der Waals surface area contributed by atoms with Crippen LogP contribution in [0.15, 0.2) is 118 Å². The summed E-state index contributed by atoms with van der Waals surface area (Å²) in [7, 11) is 0. The van der Waals surface area contributed by atoms with E-state index in [1.54, 1.807) is 17.8 Å². The molecule has 0 saturated heterocycles. The van der Waals surface area contributed by atoms with Crippen molar-refractivity contribution in [2.75, 3.05) is 6.54 Å². The number of allylic oxidation sites excluding steroid dienone is 4. The van der Waals surface area contributed by atoms with Crippen LogP contribution in [0.3, 0.4) is 0 Å². The minimum atomic E-state index is -0.123. The van der Waals surface area contributed by atoms with Gasteiger partial charge in [0.15, 0.2) is 0 Å². The third-order valence-electron chi connectivity index (χ3n) is 5.36. The molecule has 1 aliphatic rings. The summed E-state index contributed by atoms with van der Waals surface area (Å²) in [6.45, 7) is 6.26. The van der Waals surface area contributed by atoms with Crippen LogP contribution in [-0.4, -0.2) is 18.2 Å². The second-order valence-electron chi connectivity index (χ2n) is 7.70. The Morgan fingerprint density at radius 1 is 1.06 bits per heavy atom. The maximum absolute atomic E-state index is 12.9. The molecule has 3 nitrogen and oxygen atoms in total. The van der Waals surface area contributed by atoms with Gasteiger partial charge in [-0.1, -0.05) is 90.6 Å². The van der Waals surface area contributed by atoms with E-state index >= 15 is 0 Å². The minimum absolute atomic E-state index is 0.123. The summed E-state index contributed by atoms with van der Waals surface area (Å²) >= 11 is 8.19. The van der Waals surface area contributed by atoms with Gasteiger partial charge in [0, 0.05) is 38.0 Å². The number of rotatable bonds is 7. The summed E-state index contributed by atoms with van der Waals surface area (Å²) in [5.41, 5.74) is 5.13. The molecule has 0 fully saturated rings. The SMILES string of the molecule is C=C/C=C(\C=C/C)CCNC(=O)c1ccc2c(c1)N=C(c1ccccc1Cl)c1ccccc1S2. The number of hydrogen-bond donors (Lipinski definition) is 1. The van der Waals surface area contributed by atoms with Gasteiger partial charge in [-0.25, -0.2) is 4.99 Å². The second-order valence-corrected chi connectivity index (χ2v) is 9.20. The van der Waals surface area contributed by atoms with Crippen LogP contribution in [-0.2, 0) is 0 Å². The van der Waals surface area contributed by atoms with Crippen LogP contribution in [0.5, 0.6) is 0 Å². The van der Waals surface area contributed by atoms with Crippen LogP contribution in [0.4, 0.5) is 5.69 Å². The molecular weight excluding hydrogens is 460 g/mol. The summed E-state index contributed by atoms with van der Waals surface area (Å²) in [5, 5.41) is 3.66. The van der Waals surface area contributed by atoms with Crippen LogP contribution >= 0.6 is 23.4 Å². The van der Waals surface area contributed by atoms with Crippen molar-refractivity contribution in [1.82, 2.24) is 5.32 Å². The summed E-state index contributed by atoms with van der Waals surface area (Å²) in [5.74, 6) is -0.123. The standard InChI is InChI=1S/C29H25ClN2OS/c1-3-9-20(10-4-2)17-18-31-29(33)21-15-16-27-25(19-21)32-28(22-11-5-7-13-24(22)30)23-12-6-8-14-26(23)34-27/h3-16,19H,1,17-18H2,2H3,(H,31,33)/b10-4-,20-9+. The topological polar surface area (TPSA) is 41.5 Å². The van der Waals surface area contributed by atoms with Gasteiger partial charge in [0.2, 0.25) is 0 Å². The monoisotopic (exact) mass is 484 g/mol. The van der Waals surface area contributed by atoms with Gasteiger partial charge < -0.3 is 5.32 Å². The molecule has 3 aromatic rings. The van der Waals surface area contributed by atoms with Gasteiger partial charge in [0.1, 0.15) is 0 Å². The molecule has 0 aromatic heterocycles. The van der Waals surface area contributed by atoms with Crippen LogP contribution in [0.1, 0.15) is 34.8 Å². The number of halogens is 1. The quantitative estimate of drug-likeness (QED) is 0.272. The molecule has 0 unspecified atom stereocenters. The van der Waals surface area contributed by atoms with Crippen LogP contribution < -0.4 is 5.32 Å². The van der Waals surface area contributed by atoms with E-state index in [4.69, 9.17) is 16.6 Å². The van der Waals surface area contributed by atoms with Crippen molar-refractivity contribution in [2.24, 2.45) is 4.99 Å². The van der Waals surface area contributed by atoms with E-state index in [0.29, 0.717) is 17.1 Å². The van der Waals surface area contributed by atoms with E-state index in [2.05, 4.69) is 24.0 Å². The number of hydrogen-bond acceptors (Lipinski definition) is 3. The maximum Gasteiger partial charge on any atom is 0.251 e. The van der Waals surface area contributed by atoms with E-state index in [-0.39, 0.29) is 5.91 Å². The first-order valence-electron chi connectivity index (χ1n) is 11.1. The zero-order valence-electron chi connectivity index (χ0n) is 18.9. The van der Waals surface area contributed by atoms with Crippen molar-refractivity contribution in [1.29, 1.82) is 0 Å². The predicted molar refractivity (Wildman–Crippen MR) is 144 cm³/mol. The van der Waals surface area contributed by atoms with Crippen molar-refractivity contribution in [2.45, 2.75) is 23.1 Å². The number of nitrogens with zero attached hydrogens (tertiary/aromatic N) is 1. The number of nitrogens with one attached hydrogen (secondary N) is 1. The zero-order chi connectivity index (χ0) is 23.9. The minimum Gasteiger partial charge on any atom is -0.352 e. The first-order chi connectivity index (χ1) is 16.6. The molecule has 1 aliphatic heterocycles. The molecular formula is C29H25ClN2OS. The molecule has 0 atom stereocenters. The summed E-state index contributed by atoms with van der Waals surface area (Å²) in [4.78, 5) is 20.0. The molecule has 1 heterocycles. The van der Waals surface area contributed by atoms with Crippen molar-refractivity contribution >= 4 is 40.7 Å². The van der Waals surface area contributed by atoms with E-state index < -0.39 is 0 Å². The van der Waals surface area contributed by atoms with Crippen LogP contribution in [0.25, 0.3) is 0 Å². The number of benzene rings is 3. The van der Waals surface area contributed by atoms with Crippen molar-refractivity contribution in [3.8, 4) is 0 Å². The van der Waals surface area contributed by atoms with E-state index in [9.17, 15) is 4.79 Å². The van der Waals surface area contributed by atoms with Gasteiger partial charge >= 0.3 is 0 Å². The maximum atomic E-state index is 12.9. The lowest BCUT2D eigenvalue weighted by Gasteiger charge is -2.10. The number of carbonyl (C=O) groups is 1. The third-order valence-corrected chi connectivity index (χ3v) is 6.83. The smallest absolute Gasteiger partial charge is 0.251 e. The lowest BCUT2D eigenvalue weighted by Crippen LogP contribution is -2.24. The van der Waals surface area contributed by atoms with Gasteiger partial charge in [-0.15, -0.1) is 0 Å². The lowest BCUT2D eigenvalue weighted by molar-refractivity contribution is 0.0954. The molecule has 0 saturated carbocycles. The third kappa shape index (κ3) is 5.41. The van der Waals surface area contributed by atoms with Crippen LogP contribution in [0, 0.1) is 0 Å². The molecule has 1 amide bonds. The Hall–Kier alpha value is -3.34. The zero-order valence-corrected chi connectivity index (χ0v) is 20.5. The van der Waals surface area contributed by atoms with Crippen molar-refractivity contribution in [3.05, 3.63) is 125 Å². The summed E-state index contributed by atoms with van der Waals surface area (Å²) in [6, 6.07) is 21.5. The molecule has 4 rings (SSSR count). The first kappa shape index (κ1) is 23.8. The number of carbonyl (C=O) groups excluding carboxylic acids is 1. The highest BCUT2D eigenvalue weighted by Crippen LogP contribution is 2.42. The molecule has 1 N–H and O–H groups in total. The normalized spacial score (nSPS) is 13.0.